The summed E-state index contributed by atoms with van der Waals surface area (Å²) in [4.78, 5) is 10.9. The van der Waals surface area contributed by atoms with E-state index in [2.05, 4.69) is 5.32 Å². The lowest BCUT2D eigenvalue weighted by Crippen LogP contribution is -2.37. The molecule has 0 heterocycles. The second-order valence-electron chi connectivity index (χ2n) is 4.98. The average molecular weight is 314 g/mol. The van der Waals surface area contributed by atoms with Crippen molar-refractivity contribution < 1.29 is 17.9 Å². The molecule has 1 rings (SSSR count). The van der Waals surface area contributed by atoms with Gasteiger partial charge >= 0.3 is 0 Å². The van der Waals surface area contributed by atoms with Gasteiger partial charge in [-0.15, -0.1) is 0 Å². The van der Waals surface area contributed by atoms with E-state index in [1.807, 2.05) is 13.8 Å². The summed E-state index contributed by atoms with van der Waals surface area (Å²) >= 11 is 0. The van der Waals surface area contributed by atoms with Crippen molar-refractivity contribution >= 4 is 21.6 Å². The minimum Gasteiger partial charge on any atom is -0.491 e. The van der Waals surface area contributed by atoms with Crippen LogP contribution in [-0.2, 0) is 14.8 Å². The van der Waals surface area contributed by atoms with Gasteiger partial charge in [-0.25, -0.2) is 8.42 Å². The number of nitrogens with one attached hydrogen (secondary N) is 1. The van der Waals surface area contributed by atoms with Crippen molar-refractivity contribution in [2.45, 2.75) is 26.9 Å². The van der Waals surface area contributed by atoms with Gasteiger partial charge in [0, 0.05) is 13.5 Å². The van der Waals surface area contributed by atoms with E-state index < -0.39 is 10.0 Å². The fraction of sp³-hybridized carbons (Fsp3) is 0.500. The molecule has 0 aromatic heterocycles. The van der Waals surface area contributed by atoms with E-state index in [0.717, 1.165) is 6.26 Å². The highest BCUT2D eigenvalue weighted by atomic mass is 32.2. The van der Waals surface area contributed by atoms with E-state index in [-0.39, 0.29) is 25.1 Å². The maximum Gasteiger partial charge on any atom is 0.232 e. The monoisotopic (exact) mass is 314 g/mol. The molecule has 0 unspecified atom stereocenters. The third-order valence-corrected chi connectivity index (χ3v) is 3.78. The molecular weight excluding hydrogens is 292 g/mol. The van der Waals surface area contributed by atoms with E-state index >= 15 is 0 Å². The first-order chi connectivity index (χ1) is 9.70. The second kappa shape index (κ2) is 7.31. The van der Waals surface area contributed by atoms with Gasteiger partial charge in [-0.1, -0.05) is 0 Å². The molecule has 0 bridgehead atoms. The van der Waals surface area contributed by atoms with Crippen molar-refractivity contribution in [1.29, 1.82) is 0 Å². The van der Waals surface area contributed by atoms with E-state index in [0.29, 0.717) is 11.4 Å². The summed E-state index contributed by atoms with van der Waals surface area (Å²) in [5, 5.41) is 2.59. The molecule has 1 aromatic carbocycles. The number of nitrogens with zero attached hydrogens (tertiary/aromatic N) is 1. The van der Waals surface area contributed by atoms with Crippen molar-refractivity contribution in [3.05, 3.63) is 24.3 Å². The Morgan fingerprint density at radius 1 is 1.29 bits per heavy atom. The van der Waals surface area contributed by atoms with Crippen LogP contribution in [0.5, 0.6) is 5.75 Å². The van der Waals surface area contributed by atoms with Gasteiger partial charge in [0.05, 0.1) is 24.6 Å². The summed E-state index contributed by atoms with van der Waals surface area (Å²) in [6.07, 6.45) is 1.20. The molecule has 21 heavy (non-hydrogen) atoms. The van der Waals surface area contributed by atoms with Crippen LogP contribution in [0.3, 0.4) is 0 Å². The number of carbonyl (C=O) groups excluding carboxylic acids is 1. The first kappa shape index (κ1) is 17.3. The standard InChI is InChI=1S/C14H22N2O4S/c1-11(2)20-14-7-5-13(6-8-14)16(21(4,18)19)10-9-15-12(3)17/h5-8,11H,9-10H2,1-4H3,(H,15,17). The predicted octanol–water partition coefficient (Wildman–Crippen LogP) is 1.38. The number of benzene rings is 1. The fourth-order valence-corrected chi connectivity index (χ4v) is 2.71. The maximum atomic E-state index is 11.9. The summed E-state index contributed by atoms with van der Waals surface area (Å²) in [5.41, 5.74) is 0.541. The average Bonchev–Trinajstić information content (AvgIpc) is 2.33. The van der Waals surface area contributed by atoms with E-state index in [1.165, 1.54) is 11.2 Å². The number of hydrogen-bond donors (Lipinski definition) is 1. The van der Waals surface area contributed by atoms with Crippen LogP contribution in [0.1, 0.15) is 20.8 Å². The molecule has 0 aliphatic heterocycles. The van der Waals surface area contributed by atoms with Crippen molar-refractivity contribution in [3.8, 4) is 5.75 Å². The summed E-state index contributed by atoms with van der Waals surface area (Å²) < 4.78 is 30.5. The molecule has 0 atom stereocenters. The van der Waals surface area contributed by atoms with Crippen LogP contribution in [0.2, 0.25) is 0 Å². The van der Waals surface area contributed by atoms with Crippen LogP contribution in [0, 0.1) is 0 Å². The Morgan fingerprint density at radius 3 is 2.29 bits per heavy atom. The summed E-state index contributed by atoms with van der Waals surface area (Å²) in [6.45, 7) is 5.67. The maximum absolute atomic E-state index is 11.9. The molecule has 1 amide bonds. The smallest absolute Gasteiger partial charge is 0.232 e. The lowest BCUT2D eigenvalue weighted by atomic mass is 10.3. The Kier molecular flexibility index (Phi) is 6.02. The highest BCUT2D eigenvalue weighted by Gasteiger charge is 2.17. The first-order valence-corrected chi connectivity index (χ1v) is 8.54. The summed E-state index contributed by atoms with van der Waals surface area (Å²) in [7, 11) is -3.41. The van der Waals surface area contributed by atoms with Crippen LogP contribution < -0.4 is 14.4 Å². The van der Waals surface area contributed by atoms with Gasteiger partial charge in [-0.2, -0.15) is 0 Å². The highest BCUT2D eigenvalue weighted by Crippen LogP contribution is 2.21. The quantitative estimate of drug-likeness (QED) is 0.825. The number of anilines is 1. The van der Waals surface area contributed by atoms with Crippen LogP contribution in [0.15, 0.2) is 24.3 Å². The minimum absolute atomic E-state index is 0.0571. The summed E-state index contributed by atoms with van der Waals surface area (Å²) in [5.74, 6) is 0.494. The van der Waals surface area contributed by atoms with E-state index in [1.54, 1.807) is 24.3 Å². The van der Waals surface area contributed by atoms with E-state index in [9.17, 15) is 13.2 Å². The molecule has 7 heteroatoms. The van der Waals surface area contributed by atoms with Crippen molar-refractivity contribution in [2.24, 2.45) is 0 Å². The molecule has 0 saturated carbocycles. The molecule has 118 valence electrons. The van der Waals surface area contributed by atoms with Crippen molar-refractivity contribution in [3.63, 3.8) is 0 Å². The van der Waals surface area contributed by atoms with Gasteiger partial charge in [0.2, 0.25) is 15.9 Å². The Hall–Kier alpha value is -1.76. The molecule has 0 spiro atoms. The highest BCUT2D eigenvalue weighted by molar-refractivity contribution is 7.92. The van der Waals surface area contributed by atoms with Crippen molar-refractivity contribution in [1.82, 2.24) is 5.32 Å². The first-order valence-electron chi connectivity index (χ1n) is 6.69. The number of rotatable bonds is 7. The number of amides is 1. The van der Waals surface area contributed by atoms with Gasteiger partial charge in [-0.05, 0) is 38.1 Å². The third-order valence-electron chi connectivity index (χ3n) is 2.59. The Morgan fingerprint density at radius 2 is 1.86 bits per heavy atom. The number of ether oxygens (including phenoxy) is 1. The zero-order valence-corrected chi connectivity index (χ0v) is 13.6. The van der Waals surface area contributed by atoms with Gasteiger partial charge in [0.25, 0.3) is 0 Å². The Balaban J connectivity index is 2.86. The van der Waals surface area contributed by atoms with Gasteiger partial charge in [0.15, 0.2) is 0 Å². The zero-order valence-electron chi connectivity index (χ0n) is 12.8. The zero-order chi connectivity index (χ0) is 16.0. The van der Waals surface area contributed by atoms with Crippen LogP contribution in [0.4, 0.5) is 5.69 Å². The second-order valence-corrected chi connectivity index (χ2v) is 6.89. The molecule has 0 fully saturated rings. The lowest BCUT2D eigenvalue weighted by Gasteiger charge is -2.22. The minimum atomic E-state index is -3.41. The Labute approximate surface area is 126 Å². The molecule has 1 N–H and O–H groups in total. The van der Waals surface area contributed by atoms with Crippen LogP contribution >= 0.6 is 0 Å². The largest absolute Gasteiger partial charge is 0.491 e. The molecule has 0 saturated heterocycles. The normalized spacial score (nSPS) is 11.3. The lowest BCUT2D eigenvalue weighted by molar-refractivity contribution is -0.118. The molecule has 0 aliphatic rings. The van der Waals surface area contributed by atoms with Gasteiger partial charge in [-0.3, -0.25) is 9.10 Å². The van der Waals surface area contributed by atoms with Crippen LogP contribution in [0.25, 0.3) is 0 Å². The van der Waals surface area contributed by atoms with Gasteiger partial charge in [0.1, 0.15) is 5.75 Å². The molecule has 6 nitrogen and oxygen atoms in total. The number of hydrogen-bond acceptors (Lipinski definition) is 4. The molecule has 1 aromatic rings. The third kappa shape index (κ3) is 6.03. The Bertz CT molecular complexity index is 567. The van der Waals surface area contributed by atoms with Crippen molar-refractivity contribution in [2.75, 3.05) is 23.7 Å². The molecular formula is C14H22N2O4S. The van der Waals surface area contributed by atoms with E-state index in [4.69, 9.17) is 4.74 Å². The molecule has 0 aliphatic carbocycles. The molecule has 0 radical (unpaired) electrons. The fourth-order valence-electron chi connectivity index (χ4n) is 1.78. The number of carbonyl (C=O) groups is 1. The topological polar surface area (TPSA) is 75.7 Å². The SMILES string of the molecule is CC(=O)NCCN(c1ccc(OC(C)C)cc1)S(C)(=O)=O. The number of sulfonamides is 1. The van der Waals surface area contributed by atoms with Crippen LogP contribution in [-0.4, -0.2) is 39.8 Å². The summed E-state index contributed by atoms with van der Waals surface area (Å²) in [6, 6.07) is 6.83. The van der Waals surface area contributed by atoms with Gasteiger partial charge < -0.3 is 10.1 Å². The predicted molar refractivity (Wildman–Crippen MR) is 83.1 cm³/mol.